The fourth-order valence-electron chi connectivity index (χ4n) is 4.67. The molecule has 0 radical (unpaired) electrons. The lowest BCUT2D eigenvalue weighted by atomic mass is 10.1. The van der Waals surface area contributed by atoms with Crippen molar-refractivity contribution in [3.63, 3.8) is 0 Å². The molecule has 5 rings (SSSR count). The Labute approximate surface area is 230 Å². The van der Waals surface area contributed by atoms with Crippen molar-refractivity contribution in [1.82, 2.24) is 29.9 Å². The molecule has 1 aromatic carbocycles. The molecule has 2 aliphatic rings. The molecule has 0 spiro atoms. The van der Waals surface area contributed by atoms with Gasteiger partial charge in [-0.05, 0) is 43.5 Å². The Bertz CT molecular complexity index is 1340. The summed E-state index contributed by atoms with van der Waals surface area (Å²) in [6.45, 7) is 13.2. The van der Waals surface area contributed by atoms with Gasteiger partial charge in [-0.25, -0.2) is 9.07 Å². The van der Waals surface area contributed by atoms with Crippen LogP contribution < -0.4 is 5.43 Å². The molecule has 0 amide bonds. The minimum Gasteiger partial charge on any atom is -0.415 e. The van der Waals surface area contributed by atoms with E-state index in [1.807, 2.05) is 57.3 Å². The minimum absolute atomic E-state index is 0.0630. The van der Waals surface area contributed by atoms with Crippen molar-refractivity contribution in [2.45, 2.75) is 64.4 Å². The van der Waals surface area contributed by atoms with Gasteiger partial charge in [0.2, 0.25) is 0 Å². The number of hydrazine groups is 2. The Balaban J connectivity index is 1.44. The standard InChI is InChI=1S/C27H38ClFN6O2Si/c1-27(2,3)38(5,6)37-14-12-33-18-23(31-32(33)4)34-17-21(20-10-11-22(28)25(29)26(20)34)19-15-30-35(16-19)24-9-7-8-13-36-24/h10-11,15-18,24,31H,7-9,12-14H2,1-6H3. The molecule has 206 valence electrons. The van der Waals surface area contributed by atoms with E-state index >= 15 is 4.39 Å². The van der Waals surface area contributed by atoms with E-state index in [4.69, 9.17) is 20.8 Å². The zero-order chi connectivity index (χ0) is 27.2. The Kier molecular flexibility index (Phi) is 7.38. The molecule has 2 aliphatic heterocycles. The molecule has 1 fully saturated rings. The Morgan fingerprint density at radius 1 is 1.24 bits per heavy atom. The van der Waals surface area contributed by atoms with Gasteiger partial charge in [0.15, 0.2) is 14.1 Å². The highest BCUT2D eigenvalue weighted by molar-refractivity contribution is 6.74. The maximum atomic E-state index is 15.5. The average Bonchev–Trinajstić information content (AvgIpc) is 3.58. The predicted octanol–water partition coefficient (Wildman–Crippen LogP) is 6.44. The number of nitrogens with zero attached hydrogens (tertiary/aromatic N) is 5. The summed E-state index contributed by atoms with van der Waals surface area (Å²) < 4.78 is 31.5. The number of ether oxygens (including phenoxy) is 1. The van der Waals surface area contributed by atoms with Crippen LogP contribution in [0, 0.1) is 5.82 Å². The van der Waals surface area contributed by atoms with Crippen LogP contribution in [0.15, 0.2) is 36.9 Å². The number of benzene rings is 1. The van der Waals surface area contributed by atoms with Crippen LogP contribution in [0.4, 0.5) is 4.39 Å². The fraction of sp³-hybridized carbons (Fsp3) is 0.519. The van der Waals surface area contributed by atoms with Gasteiger partial charge in [0.05, 0.1) is 36.1 Å². The molecule has 1 saturated heterocycles. The predicted molar refractivity (Wildman–Crippen MR) is 152 cm³/mol. The average molecular weight is 561 g/mol. The molecule has 2 aromatic heterocycles. The largest absolute Gasteiger partial charge is 0.415 e. The van der Waals surface area contributed by atoms with Crippen LogP contribution in [0.25, 0.3) is 27.9 Å². The second kappa shape index (κ2) is 10.3. The van der Waals surface area contributed by atoms with Crippen LogP contribution in [-0.2, 0) is 9.16 Å². The van der Waals surface area contributed by atoms with Gasteiger partial charge in [-0.15, -0.1) is 5.12 Å². The molecule has 1 N–H and O–H groups in total. The van der Waals surface area contributed by atoms with Crippen molar-refractivity contribution in [3.8, 4) is 11.1 Å². The molecule has 1 atom stereocenters. The Hall–Kier alpha value is -2.37. The van der Waals surface area contributed by atoms with Gasteiger partial charge in [0.25, 0.3) is 0 Å². The first-order valence-electron chi connectivity index (χ1n) is 13.2. The zero-order valence-corrected chi connectivity index (χ0v) is 24.8. The lowest BCUT2D eigenvalue weighted by molar-refractivity contribution is -0.0394. The van der Waals surface area contributed by atoms with Gasteiger partial charge in [-0.1, -0.05) is 38.4 Å². The van der Waals surface area contributed by atoms with E-state index in [0.717, 1.165) is 48.2 Å². The van der Waals surface area contributed by atoms with Crippen LogP contribution in [0.3, 0.4) is 0 Å². The summed E-state index contributed by atoms with van der Waals surface area (Å²) in [5.74, 6) is 0.267. The van der Waals surface area contributed by atoms with Crippen molar-refractivity contribution in [2.75, 3.05) is 26.8 Å². The summed E-state index contributed by atoms with van der Waals surface area (Å²) in [6.07, 6.45) is 10.8. The monoisotopic (exact) mass is 560 g/mol. The Morgan fingerprint density at radius 2 is 2.03 bits per heavy atom. The highest BCUT2D eigenvalue weighted by Gasteiger charge is 2.37. The second-order valence-corrected chi connectivity index (χ2v) is 16.8. The molecule has 0 saturated carbocycles. The summed E-state index contributed by atoms with van der Waals surface area (Å²) in [6, 6.07) is 3.47. The van der Waals surface area contributed by atoms with Crippen molar-refractivity contribution in [2.24, 2.45) is 0 Å². The third kappa shape index (κ3) is 5.12. The quantitative estimate of drug-likeness (QED) is 0.335. The van der Waals surface area contributed by atoms with Gasteiger partial charge in [0, 0.05) is 42.6 Å². The van der Waals surface area contributed by atoms with E-state index in [1.165, 1.54) is 0 Å². The summed E-state index contributed by atoms with van der Waals surface area (Å²) in [5, 5.41) is 9.49. The van der Waals surface area contributed by atoms with Crippen molar-refractivity contribution < 1.29 is 13.6 Å². The van der Waals surface area contributed by atoms with Gasteiger partial charge >= 0.3 is 0 Å². The Morgan fingerprint density at radius 3 is 2.74 bits per heavy atom. The second-order valence-electron chi connectivity index (χ2n) is 11.6. The highest BCUT2D eigenvalue weighted by atomic mass is 35.5. The third-order valence-electron chi connectivity index (χ3n) is 8.00. The number of aromatic nitrogens is 3. The third-order valence-corrected chi connectivity index (χ3v) is 12.8. The van der Waals surface area contributed by atoms with E-state index in [1.54, 1.807) is 6.07 Å². The molecule has 11 heteroatoms. The van der Waals surface area contributed by atoms with Gasteiger partial charge < -0.3 is 9.16 Å². The van der Waals surface area contributed by atoms with Gasteiger partial charge in [-0.2, -0.15) is 5.10 Å². The zero-order valence-electron chi connectivity index (χ0n) is 23.1. The van der Waals surface area contributed by atoms with Crippen LogP contribution in [0.2, 0.25) is 23.2 Å². The number of hydrogen-bond donors (Lipinski definition) is 1. The first-order valence-corrected chi connectivity index (χ1v) is 16.5. The maximum absolute atomic E-state index is 15.5. The molecule has 1 unspecified atom stereocenters. The van der Waals surface area contributed by atoms with E-state index in [9.17, 15) is 0 Å². The van der Waals surface area contributed by atoms with Gasteiger partial charge in [-0.3, -0.25) is 15.0 Å². The number of fused-ring (bicyclic) bond motifs is 1. The highest BCUT2D eigenvalue weighted by Crippen LogP contribution is 2.38. The van der Waals surface area contributed by atoms with Crippen molar-refractivity contribution in [1.29, 1.82) is 0 Å². The SMILES string of the molecule is CN1NC(n2cc(-c3cnn(C4CCCCO4)c3)c3ccc(Cl)c(F)c32)=CN1CCO[Si](C)(C)C(C)(C)C. The summed E-state index contributed by atoms with van der Waals surface area (Å²) in [7, 11) is 0.0832. The van der Waals surface area contributed by atoms with Crippen LogP contribution >= 0.6 is 11.6 Å². The van der Waals surface area contributed by atoms with Crippen LogP contribution in [-0.4, -0.2) is 59.6 Å². The lowest BCUT2D eigenvalue weighted by Crippen LogP contribution is -2.45. The molecule has 8 nitrogen and oxygen atoms in total. The smallest absolute Gasteiger partial charge is 0.192 e. The fourth-order valence-corrected chi connectivity index (χ4v) is 5.86. The topological polar surface area (TPSA) is 59.7 Å². The lowest BCUT2D eigenvalue weighted by Gasteiger charge is -2.37. The number of halogens is 2. The normalized spacial score (nSPS) is 19.3. The number of nitrogens with one attached hydrogen (secondary N) is 1. The summed E-state index contributed by atoms with van der Waals surface area (Å²) >= 11 is 6.24. The molecular formula is C27H38ClFN6O2Si. The van der Waals surface area contributed by atoms with E-state index in [0.29, 0.717) is 18.7 Å². The molecule has 3 aromatic rings. The molecule has 0 aliphatic carbocycles. The molecule has 4 heterocycles. The van der Waals surface area contributed by atoms with E-state index in [2.05, 4.69) is 44.4 Å². The first-order chi connectivity index (χ1) is 18.0. The van der Waals surface area contributed by atoms with E-state index < -0.39 is 14.1 Å². The van der Waals surface area contributed by atoms with Gasteiger partial charge in [0.1, 0.15) is 12.0 Å². The van der Waals surface area contributed by atoms with E-state index in [-0.39, 0.29) is 16.3 Å². The van der Waals surface area contributed by atoms with Crippen molar-refractivity contribution in [3.05, 3.63) is 47.8 Å². The van der Waals surface area contributed by atoms with Crippen LogP contribution in [0.5, 0.6) is 0 Å². The molecular weight excluding hydrogens is 523 g/mol. The molecule has 0 bridgehead atoms. The number of hydrogen-bond acceptors (Lipinski definition) is 6. The van der Waals surface area contributed by atoms with Crippen molar-refractivity contribution >= 4 is 36.6 Å². The minimum atomic E-state index is -1.85. The maximum Gasteiger partial charge on any atom is 0.192 e. The first kappa shape index (κ1) is 27.2. The molecule has 38 heavy (non-hydrogen) atoms. The summed E-state index contributed by atoms with van der Waals surface area (Å²) in [5.41, 5.74) is 5.54. The number of rotatable bonds is 7. The van der Waals surface area contributed by atoms with Crippen LogP contribution in [0.1, 0.15) is 46.3 Å². The summed E-state index contributed by atoms with van der Waals surface area (Å²) in [4.78, 5) is 0.